The fourth-order valence-electron chi connectivity index (χ4n) is 3.78. The molecule has 0 heterocycles. The normalized spacial score (nSPS) is 36.3. The molecule has 2 N–H and O–H groups in total. The largest absolute Gasteiger partial charge is 0.481 e. The van der Waals surface area contributed by atoms with Crippen LogP contribution in [0.4, 0.5) is 0 Å². The minimum atomic E-state index is -0.839. The summed E-state index contributed by atoms with van der Waals surface area (Å²) in [6.45, 7) is 4.54. The van der Waals surface area contributed by atoms with Crippen molar-refractivity contribution >= 4 is 11.9 Å². The number of carbonyl (C=O) groups excluding carboxylic acids is 1. The molecule has 0 aromatic rings. The van der Waals surface area contributed by atoms with Crippen LogP contribution in [0.3, 0.4) is 0 Å². The van der Waals surface area contributed by atoms with Gasteiger partial charge in [-0.1, -0.05) is 24.3 Å². The summed E-state index contributed by atoms with van der Waals surface area (Å²) >= 11 is 0. The van der Waals surface area contributed by atoms with Crippen molar-refractivity contribution in [3.05, 3.63) is 24.3 Å². The van der Waals surface area contributed by atoms with Gasteiger partial charge in [0.1, 0.15) is 0 Å². The van der Waals surface area contributed by atoms with E-state index in [2.05, 4.69) is 11.9 Å². The molecule has 19 heavy (non-hydrogen) atoms. The SMILES string of the molecule is C=C1CC(CNC(=O)[C@H]2[C@@H](C(=O)O)[C@H]3C=C[C@@H]2C3)C1. The summed E-state index contributed by atoms with van der Waals surface area (Å²) in [6.07, 6.45) is 6.76. The molecule has 4 atom stereocenters. The van der Waals surface area contributed by atoms with Gasteiger partial charge in [0, 0.05) is 6.54 Å². The highest BCUT2D eigenvalue weighted by Gasteiger charge is 2.51. The lowest BCUT2D eigenvalue weighted by molar-refractivity contribution is -0.147. The number of carboxylic acid groups (broad SMARTS) is 1. The average molecular weight is 261 g/mol. The number of rotatable bonds is 4. The zero-order valence-electron chi connectivity index (χ0n) is 10.8. The number of fused-ring (bicyclic) bond motifs is 2. The fourth-order valence-corrected chi connectivity index (χ4v) is 3.78. The topological polar surface area (TPSA) is 66.4 Å². The highest BCUT2D eigenvalue weighted by atomic mass is 16.4. The molecular formula is C15H19NO3. The molecule has 0 aromatic heterocycles. The van der Waals surface area contributed by atoms with Gasteiger partial charge in [-0.2, -0.15) is 0 Å². The molecule has 4 nitrogen and oxygen atoms in total. The van der Waals surface area contributed by atoms with Gasteiger partial charge in [-0.15, -0.1) is 0 Å². The summed E-state index contributed by atoms with van der Waals surface area (Å²) in [5, 5.41) is 12.2. The quantitative estimate of drug-likeness (QED) is 0.755. The molecule has 1 amide bonds. The van der Waals surface area contributed by atoms with Gasteiger partial charge in [0.2, 0.25) is 5.91 Å². The van der Waals surface area contributed by atoms with Gasteiger partial charge < -0.3 is 10.4 Å². The Morgan fingerprint density at radius 2 is 1.89 bits per heavy atom. The molecule has 0 unspecified atom stereocenters. The molecular weight excluding hydrogens is 242 g/mol. The number of nitrogens with one attached hydrogen (secondary N) is 1. The summed E-state index contributed by atoms with van der Waals surface area (Å²) in [5.41, 5.74) is 1.24. The maximum Gasteiger partial charge on any atom is 0.307 e. The number of hydrogen-bond acceptors (Lipinski definition) is 2. The highest BCUT2D eigenvalue weighted by molar-refractivity contribution is 5.86. The Hall–Kier alpha value is -1.58. The van der Waals surface area contributed by atoms with Gasteiger partial charge >= 0.3 is 5.97 Å². The molecule has 0 radical (unpaired) electrons. The van der Waals surface area contributed by atoms with Crippen molar-refractivity contribution < 1.29 is 14.7 Å². The van der Waals surface area contributed by atoms with Crippen LogP contribution < -0.4 is 5.32 Å². The second-order valence-corrected chi connectivity index (χ2v) is 6.11. The van der Waals surface area contributed by atoms with Crippen LogP contribution in [0.2, 0.25) is 0 Å². The first-order valence-electron chi connectivity index (χ1n) is 6.91. The van der Waals surface area contributed by atoms with Crippen LogP contribution in [0.25, 0.3) is 0 Å². The Balaban J connectivity index is 1.61. The second-order valence-electron chi connectivity index (χ2n) is 6.11. The standard InChI is InChI=1S/C15H19NO3/c1-8-4-9(5-8)7-16-14(17)12-10-2-3-11(6-10)13(12)15(18)19/h2-3,9-13H,1,4-7H2,(H,16,17)(H,18,19)/t10-,11+,12-,13+/m1/s1. The first kappa shape index (κ1) is 12.5. The number of carboxylic acids is 1. The lowest BCUT2D eigenvalue weighted by Gasteiger charge is -2.30. The van der Waals surface area contributed by atoms with Crippen LogP contribution in [0.15, 0.2) is 24.3 Å². The highest BCUT2D eigenvalue weighted by Crippen LogP contribution is 2.48. The van der Waals surface area contributed by atoms with Crippen molar-refractivity contribution in [1.82, 2.24) is 5.32 Å². The average Bonchev–Trinajstić information content (AvgIpc) is 2.92. The maximum absolute atomic E-state index is 12.2. The molecule has 2 bridgehead atoms. The van der Waals surface area contributed by atoms with E-state index in [-0.39, 0.29) is 23.7 Å². The third-order valence-corrected chi connectivity index (χ3v) is 4.77. The second kappa shape index (κ2) is 4.51. The summed E-state index contributed by atoms with van der Waals surface area (Å²) < 4.78 is 0. The van der Waals surface area contributed by atoms with E-state index in [1.54, 1.807) is 0 Å². The van der Waals surface area contributed by atoms with E-state index in [9.17, 15) is 14.7 Å². The van der Waals surface area contributed by atoms with Crippen LogP contribution in [-0.2, 0) is 9.59 Å². The van der Waals surface area contributed by atoms with E-state index in [1.165, 1.54) is 5.57 Å². The van der Waals surface area contributed by atoms with Crippen molar-refractivity contribution in [2.45, 2.75) is 19.3 Å². The predicted molar refractivity (Wildman–Crippen MR) is 70.2 cm³/mol. The minimum absolute atomic E-state index is 0.0433. The Morgan fingerprint density at radius 1 is 1.26 bits per heavy atom. The summed E-state index contributed by atoms with van der Waals surface area (Å²) in [7, 11) is 0. The van der Waals surface area contributed by atoms with E-state index in [4.69, 9.17) is 0 Å². The van der Waals surface area contributed by atoms with Gasteiger partial charge in [-0.3, -0.25) is 9.59 Å². The summed E-state index contributed by atoms with van der Waals surface area (Å²) in [4.78, 5) is 23.6. The van der Waals surface area contributed by atoms with E-state index in [1.807, 2.05) is 12.2 Å². The van der Waals surface area contributed by atoms with E-state index in [0.29, 0.717) is 12.5 Å². The Labute approximate surface area is 112 Å². The molecule has 3 aliphatic rings. The van der Waals surface area contributed by atoms with Crippen LogP contribution in [0.1, 0.15) is 19.3 Å². The number of allylic oxidation sites excluding steroid dienone is 3. The Morgan fingerprint density at radius 3 is 2.47 bits per heavy atom. The molecule has 2 saturated carbocycles. The Bertz CT molecular complexity index is 460. The predicted octanol–water partition coefficient (Wildman–Crippen LogP) is 1.59. The molecule has 2 fully saturated rings. The molecule has 0 aliphatic heterocycles. The van der Waals surface area contributed by atoms with Crippen LogP contribution in [0, 0.1) is 29.6 Å². The maximum atomic E-state index is 12.2. The minimum Gasteiger partial charge on any atom is -0.481 e. The number of aliphatic carboxylic acids is 1. The van der Waals surface area contributed by atoms with Gasteiger partial charge in [0.25, 0.3) is 0 Å². The summed E-state index contributed by atoms with van der Waals surface area (Å²) in [5.74, 6) is -1.18. The zero-order valence-corrected chi connectivity index (χ0v) is 10.8. The monoisotopic (exact) mass is 261 g/mol. The number of hydrogen-bond donors (Lipinski definition) is 2. The van der Waals surface area contributed by atoms with Gasteiger partial charge in [-0.25, -0.2) is 0 Å². The first-order valence-corrected chi connectivity index (χ1v) is 6.91. The molecule has 4 heteroatoms. The van der Waals surface area contributed by atoms with Gasteiger partial charge in [0.05, 0.1) is 11.8 Å². The number of carbonyl (C=O) groups is 2. The third-order valence-electron chi connectivity index (χ3n) is 4.77. The van der Waals surface area contributed by atoms with Crippen molar-refractivity contribution in [1.29, 1.82) is 0 Å². The zero-order chi connectivity index (χ0) is 13.6. The van der Waals surface area contributed by atoms with Gasteiger partial charge in [0.15, 0.2) is 0 Å². The lowest BCUT2D eigenvalue weighted by Crippen LogP contribution is -2.42. The summed E-state index contributed by atoms with van der Waals surface area (Å²) in [6, 6.07) is 0. The molecule has 3 rings (SSSR count). The smallest absolute Gasteiger partial charge is 0.307 e. The number of amides is 1. The molecule has 102 valence electrons. The van der Waals surface area contributed by atoms with Crippen LogP contribution >= 0.6 is 0 Å². The molecule has 0 aromatic carbocycles. The van der Waals surface area contributed by atoms with E-state index < -0.39 is 11.9 Å². The fraction of sp³-hybridized carbons (Fsp3) is 0.600. The van der Waals surface area contributed by atoms with Gasteiger partial charge in [-0.05, 0) is 37.0 Å². The van der Waals surface area contributed by atoms with Crippen molar-refractivity contribution in [2.75, 3.05) is 6.54 Å². The van der Waals surface area contributed by atoms with E-state index in [0.717, 1.165) is 19.3 Å². The third kappa shape index (κ3) is 2.09. The first-order chi connectivity index (χ1) is 9.06. The van der Waals surface area contributed by atoms with E-state index >= 15 is 0 Å². The van der Waals surface area contributed by atoms with Crippen molar-refractivity contribution in [3.8, 4) is 0 Å². The lowest BCUT2D eigenvalue weighted by atomic mass is 9.80. The van der Waals surface area contributed by atoms with Crippen molar-refractivity contribution in [3.63, 3.8) is 0 Å². The molecule has 3 aliphatic carbocycles. The van der Waals surface area contributed by atoms with Crippen LogP contribution in [0.5, 0.6) is 0 Å². The molecule has 0 saturated heterocycles. The van der Waals surface area contributed by atoms with Crippen LogP contribution in [-0.4, -0.2) is 23.5 Å². The van der Waals surface area contributed by atoms with Crippen molar-refractivity contribution in [2.24, 2.45) is 29.6 Å². The Kier molecular flexibility index (Phi) is 2.96. The molecule has 0 spiro atoms.